The van der Waals surface area contributed by atoms with Crippen LogP contribution in [0.4, 0.5) is 0 Å². The van der Waals surface area contributed by atoms with E-state index in [1.54, 1.807) is 0 Å². The van der Waals surface area contributed by atoms with Crippen molar-refractivity contribution in [3.05, 3.63) is 35.5 Å². The lowest BCUT2D eigenvalue weighted by atomic mass is 9.89. The Balaban J connectivity index is 3.10. The Morgan fingerprint density at radius 3 is 2.64 bits per heavy atom. The molecule has 0 N–H and O–H groups in total. The van der Waals surface area contributed by atoms with E-state index in [-0.39, 0.29) is 0 Å². The Morgan fingerprint density at radius 1 is 1.43 bits per heavy atom. The van der Waals surface area contributed by atoms with Crippen LogP contribution in [0.5, 0.6) is 0 Å². The summed E-state index contributed by atoms with van der Waals surface area (Å²) >= 11 is 0. The van der Waals surface area contributed by atoms with Crippen LogP contribution in [-0.2, 0) is 0 Å². The minimum atomic E-state index is 0.542. The van der Waals surface area contributed by atoms with Gasteiger partial charge in [0.2, 0.25) is 0 Å². The molecule has 0 atom stereocenters. The van der Waals surface area contributed by atoms with Crippen molar-refractivity contribution in [3.8, 4) is 0 Å². The molecule has 0 aromatic heterocycles. The highest BCUT2D eigenvalue weighted by Gasteiger charge is 2.15. The summed E-state index contributed by atoms with van der Waals surface area (Å²) in [6, 6.07) is 0. The molecule has 0 amide bonds. The minimum absolute atomic E-state index is 0.542. The fraction of sp³-hybridized carbons (Fsp3) is 0.462. The Bertz CT molecular complexity index is 314. The van der Waals surface area contributed by atoms with Crippen molar-refractivity contribution >= 4 is 5.71 Å². The quantitative estimate of drug-likeness (QED) is 0.630. The zero-order chi connectivity index (χ0) is 10.6. The van der Waals surface area contributed by atoms with E-state index in [1.165, 1.54) is 16.9 Å². The summed E-state index contributed by atoms with van der Waals surface area (Å²) in [6.07, 6.45) is 8.53. The Labute approximate surface area is 86.9 Å². The molecule has 0 saturated carbocycles. The van der Waals surface area contributed by atoms with Crippen LogP contribution in [-0.4, -0.2) is 12.3 Å². The molecule has 0 aromatic rings. The summed E-state index contributed by atoms with van der Waals surface area (Å²) in [5.41, 5.74) is 3.77. The maximum absolute atomic E-state index is 4.57. The number of rotatable bonds is 2. The van der Waals surface area contributed by atoms with Gasteiger partial charge in [-0.05, 0) is 30.9 Å². The fourth-order valence-corrected chi connectivity index (χ4v) is 1.62. The lowest BCUT2D eigenvalue weighted by Crippen LogP contribution is -2.13. The topological polar surface area (TPSA) is 12.4 Å². The van der Waals surface area contributed by atoms with Crippen molar-refractivity contribution in [1.29, 1.82) is 0 Å². The molecule has 1 rings (SSSR count). The predicted octanol–water partition coefficient (Wildman–Crippen LogP) is 3.55. The van der Waals surface area contributed by atoms with Gasteiger partial charge < -0.3 is 0 Å². The third kappa shape index (κ3) is 2.22. The Kier molecular flexibility index (Phi) is 3.87. The maximum Gasteiger partial charge on any atom is 0.0677 e. The van der Waals surface area contributed by atoms with Gasteiger partial charge in [0.25, 0.3) is 0 Å². The standard InChI is InChI=1S/C13H19N/c1-5-11-8-7-9-12(10(3)4)13(11)14-6-2/h5,7-10H,6H2,1-4H3/b11-5-,14-13?. The van der Waals surface area contributed by atoms with Crippen LogP contribution in [0.3, 0.4) is 0 Å². The largest absolute Gasteiger partial charge is 0.285 e. The first-order chi connectivity index (χ1) is 6.70. The number of allylic oxidation sites excluding steroid dienone is 6. The molecule has 76 valence electrons. The smallest absolute Gasteiger partial charge is 0.0677 e. The van der Waals surface area contributed by atoms with E-state index in [0.29, 0.717) is 5.92 Å². The fourth-order valence-electron chi connectivity index (χ4n) is 1.62. The average molecular weight is 189 g/mol. The molecular formula is C13H19N. The Hall–Kier alpha value is -1.11. The maximum atomic E-state index is 4.57. The van der Waals surface area contributed by atoms with Crippen LogP contribution in [0.2, 0.25) is 0 Å². The highest BCUT2D eigenvalue weighted by Crippen LogP contribution is 2.21. The predicted molar refractivity (Wildman–Crippen MR) is 63.8 cm³/mol. The molecule has 0 bridgehead atoms. The van der Waals surface area contributed by atoms with Gasteiger partial charge in [-0.3, -0.25) is 4.99 Å². The summed E-state index contributed by atoms with van der Waals surface area (Å²) in [5, 5.41) is 0. The normalized spacial score (nSPS) is 22.2. The van der Waals surface area contributed by atoms with Crippen molar-refractivity contribution in [2.24, 2.45) is 10.9 Å². The highest BCUT2D eigenvalue weighted by atomic mass is 14.7. The SMILES string of the molecule is C/C=C1/C=CC=C(C(C)C)C1=NCC. The number of nitrogens with zero attached hydrogens (tertiary/aromatic N) is 1. The molecule has 0 radical (unpaired) electrons. The molecule has 0 saturated heterocycles. The highest BCUT2D eigenvalue weighted by molar-refractivity contribution is 6.15. The number of hydrogen-bond donors (Lipinski definition) is 0. The second kappa shape index (κ2) is 4.94. The second-order valence-corrected chi connectivity index (χ2v) is 3.70. The molecule has 0 aliphatic heterocycles. The first-order valence-corrected chi connectivity index (χ1v) is 5.30. The zero-order valence-electron chi connectivity index (χ0n) is 9.54. The van der Waals surface area contributed by atoms with Crippen molar-refractivity contribution in [1.82, 2.24) is 0 Å². The van der Waals surface area contributed by atoms with E-state index < -0.39 is 0 Å². The van der Waals surface area contributed by atoms with Crippen LogP contribution in [0.1, 0.15) is 27.7 Å². The minimum Gasteiger partial charge on any atom is -0.285 e. The van der Waals surface area contributed by atoms with E-state index in [0.717, 1.165) is 6.54 Å². The van der Waals surface area contributed by atoms with Gasteiger partial charge in [-0.1, -0.05) is 38.2 Å². The first kappa shape index (κ1) is 11.0. The first-order valence-electron chi connectivity index (χ1n) is 5.30. The average Bonchev–Trinajstić information content (AvgIpc) is 2.18. The molecule has 0 heterocycles. The van der Waals surface area contributed by atoms with Gasteiger partial charge in [0.15, 0.2) is 0 Å². The van der Waals surface area contributed by atoms with Crippen LogP contribution < -0.4 is 0 Å². The van der Waals surface area contributed by atoms with Gasteiger partial charge in [0, 0.05) is 6.54 Å². The van der Waals surface area contributed by atoms with Crippen molar-refractivity contribution in [3.63, 3.8) is 0 Å². The van der Waals surface area contributed by atoms with Gasteiger partial charge >= 0.3 is 0 Å². The van der Waals surface area contributed by atoms with E-state index >= 15 is 0 Å². The summed E-state index contributed by atoms with van der Waals surface area (Å²) in [4.78, 5) is 4.57. The van der Waals surface area contributed by atoms with Crippen LogP contribution in [0, 0.1) is 5.92 Å². The third-order valence-corrected chi connectivity index (χ3v) is 2.35. The van der Waals surface area contributed by atoms with Crippen LogP contribution >= 0.6 is 0 Å². The molecule has 1 heteroatoms. The summed E-state index contributed by atoms with van der Waals surface area (Å²) in [5.74, 6) is 0.542. The van der Waals surface area contributed by atoms with Crippen LogP contribution in [0.25, 0.3) is 0 Å². The molecule has 1 aliphatic rings. The Morgan fingerprint density at radius 2 is 2.14 bits per heavy atom. The third-order valence-electron chi connectivity index (χ3n) is 2.35. The van der Waals surface area contributed by atoms with Crippen molar-refractivity contribution < 1.29 is 0 Å². The molecular weight excluding hydrogens is 170 g/mol. The molecule has 1 aliphatic carbocycles. The van der Waals surface area contributed by atoms with Crippen molar-refractivity contribution in [2.45, 2.75) is 27.7 Å². The molecule has 14 heavy (non-hydrogen) atoms. The van der Waals surface area contributed by atoms with Gasteiger partial charge in [0.1, 0.15) is 0 Å². The van der Waals surface area contributed by atoms with Crippen LogP contribution in [0.15, 0.2) is 40.4 Å². The molecule has 0 fully saturated rings. The summed E-state index contributed by atoms with van der Waals surface area (Å²) in [6.45, 7) is 9.42. The van der Waals surface area contributed by atoms with Crippen molar-refractivity contribution in [2.75, 3.05) is 6.54 Å². The number of hydrogen-bond acceptors (Lipinski definition) is 1. The summed E-state index contributed by atoms with van der Waals surface area (Å²) < 4.78 is 0. The van der Waals surface area contributed by atoms with E-state index in [9.17, 15) is 0 Å². The van der Waals surface area contributed by atoms with Gasteiger partial charge in [0.05, 0.1) is 5.71 Å². The second-order valence-electron chi connectivity index (χ2n) is 3.70. The molecule has 0 spiro atoms. The monoisotopic (exact) mass is 189 g/mol. The summed E-state index contributed by atoms with van der Waals surface area (Å²) in [7, 11) is 0. The van der Waals surface area contributed by atoms with Gasteiger partial charge in [-0.15, -0.1) is 0 Å². The van der Waals surface area contributed by atoms with E-state index in [4.69, 9.17) is 0 Å². The lowest BCUT2D eigenvalue weighted by Gasteiger charge is -2.18. The van der Waals surface area contributed by atoms with Gasteiger partial charge in [-0.2, -0.15) is 0 Å². The zero-order valence-corrected chi connectivity index (χ0v) is 9.54. The molecule has 0 aromatic carbocycles. The lowest BCUT2D eigenvalue weighted by molar-refractivity contribution is 0.800. The molecule has 0 unspecified atom stereocenters. The molecule has 1 nitrogen and oxygen atoms in total. The van der Waals surface area contributed by atoms with Gasteiger partial charge in [-0.25, -0.2) is 0 Å². The number of aliphatic imine (C=N–C) groups is 1. The van der Waals surface area contributed by atoms with E-state index in [1.807, 2.05) is 0 Å². The van der Waals surface area contributed by atoms with E-state index in [2.05, 4.69) is 57.0 Å².